The molecular weight excluding hydrogens is 172 g/mol. The predicted molar refractivity (Wildman–Crippen MR) is 46.2 cm³/mol. The highest BCUT2D eigenvalue weighted by molar-refractivity contribution is 5.87. The fourth-order valence-corrected chi connectivity index (χ4v) is 0.970. The smallest absolute Gasteiger partial charge is 0.331 e. The van der Waals surface area contributed by atoms with Gasteiger partial charge in [-0.15, -0.1) is 0 Å². The van der Waals surface area contributed by atoms with Gasteiger partial charge in [0.05, 0.1) is 6.54 Å². The van der Waals surface area contributed by atoms with Crippen LogP contribution in [-0.4, -0.2) is 30.2 Å². The monoisotopic (exact) mass is 186 g/mol. The van der Waals surface area contributed by atoms with Gasteiger partial charge in [0.2, 0.25) is 0 Å². The molecule has 1 saturated heterocycles. The lowest BCUT2D eigenvalue weighted by molar-refractivity contribution is -0.156. The van der Waals surface area contributed by atoms with Crippen molar-refractivity contribution in [3.05, 3.63) is 0 Å². The van der Waals surface area contributed by atoms with Gasteiger partial charge in [-0.25, -0.2) is 9.59 Å². The molecular formula is C8H14N2O3. The van der Waals surface area contributed by atoms with Crippen LogP contribution in [0.25, 0.3) is 0 Å². The summed E-state index contributed by atoms with van der Waals surface area (Å²) >= 11 is 0. The second-order valence-corrected chi connectivity index (χ2v) is 3.94. The summed E-state index contributed by atoms with van der Waals surface area (Å²) in [4.78, 5) is 22.0. The van der Waals surface area contributed by atoms with Crippen LogP contribution in [0, 0.1) is 0 Å². The van der Waals surface area contributed by atoms with E-state index in [1.165, 1.54) is 0 Å². The number of carbonyl (C=O) groups excluding carboxylic acids is 2. The van der Waals surface area contributed by atoms with Gasteiger partial charge in [0.25, 0.3) is 0 Å². The Bertz CT molecular complexity index is 232. The number of urea groups is 1. The quantitative estimate of drug-likeness (QED) is 0.567. The fourth-order valence-electron chi connectivity index (χ4n) is 0.970. The molecule has 0 bridgehead atoms. The number of esters is 1. The molecule has 74 valence electrons. The molecule has 1 heterocycles. The van der Waals surface area contributed by atoms with Gasteiger partial charge in [0.15, 0.2) is 0 Å². The number of amides is 2. The van der Waals surface area contributed by atoms with E-state index in [1.54, 1.807) is 20.8 Å². The maximum absolute atomic E-state index is 11.3. The fraction of sp³-hybridized carbons (Fsp3) is 0.750. The number of ether oxygens (including phenoxy) is 1. The van der Waals surface area contributed by atoms with Crippen molar-refractivity contribution < 1.29 is 14.3 Å². The van der Waals surface area contributed by atoms with Crippen LogP contribution < -0.4 is 10.6 Å². The Hall–Kier alpha value is -1.26. The maximum Gasteiger partial charge on any atom is 0.331 e. The van der Waals surface area contributed by atoms with Gasteiger partial charge < -0.3 is 15.4 Å². The third-order valence-corrected chi connectivity index (χ3v) is 1.46. The topological polar surface area (TPSA) is 67.4 Å². The average molecular weight is 186 g/mol. The van der Waals surface area contributed by atoms with E-state index in [-0.39, 0.29) is 6.03 Å². The summed E-state index contributed by atoms with van der Waals surface area (Å²) in [6.45, 7) is 5.66. The average Bonchev–Trinajstić information content (AvgIpc) is 2.31. The van der Waals surface area contributed by atoms with Crippen LogP contribution in [0.2, 0.25) is 0 Å². The van der Waals surface area contributed by atoms with Crippen molar-refractivity contribution in [3.63, 3.8) is 0 Å². The molecule has 2 N–H and O–H groups in total. The third kappa shape index (κ3) is 2.93. The second-order valence-electron chi connectivity index (χ2n) is 3.94. The summed E-state index contributed by atoms with van der Waals surface area (Å²) in [7, 11) is 0. The number of hydrogen-bond acceptors (Lipinski definition) is 3. The SMILES string of the molecule is CC(C)(C)OC(=O)[C@H]1CNC(=O)N1. The Kier molecular flexibility index (Phi) is 2.45. The van der Waals surface area contributed by atoms with Crippen molar-refractivity contribution in [1.82, 2.24) is 10.6 Å². The molecule has 0 aliphatic carbocycles. The molecule has 5 nitrogen and oxygen atoms in total. The van der Waals surface area contributed by atoms with E-state index < -0.39 is 17.6 Å². The van der Waals surface area contributed by atoms with E-state index in [1.807, 2.05) is 0 Å². The molecule has 0 saturated carbocycles. The van der Waals surface area contributed by atoms with Crippen molar-refractivity contribution in [1.29, 1.82) is 0 Å². The van der Waals surface area contributed by atoms with Crippen LogP contribution in [0.5, 0.6) is 0 Å². The minimum absolute atomic E-state index is 0.299. The molecule has 1 atom stereocenters. The van der Waals surface area contributed by atoms with Crippen LogP contribution >= 0.6 is 0 Å². The van der Waals surface area contributed by atoms with Crippen molar-refractivity contribution in [2.75, 3.05) is 6.54 Å². The summed E-state index contributed by atoms with van der Waals surface area (Å²) < 4.78 is 5.08. The zero-order valence-electron chi connectivity index (χ0n) is 8.01. The first-order valence-electron chi connectivity index (χ1n) is 4.16. The first kappa shape index (κ1) is 9.83. The first-order valence-corrected chi connectivity index (χ1v) is 4.16. The molecule has 1 aliphatic heterocycles. The molecule has 1 fully saturated rings. The van der Waals surface area contributed by atoms with E-state index in [9.17, 15) is 9.59 Å². The molecule has 1 aliphatic rings. The summed E-state index contributed by atoms with van der Waals surface area (Å²) in [5.41, 5.74) is -0.510. The van der Waals surface area contributed by atoms with Crippen LogP contribution in [0.1, 0.15) is 20.8 Å². The Morgan fingerprint density at radius 3 is 2.54 bits per heavy atom. The first-order chi connectivity index (χ1) is 5.88. The Labute approximate surface area is 76.8 Å². The van der Waals surface area contributed by atoms with E-state index in [4.69, 9.17) is 4.74 Å². The van der Waals surface area contributed by atoms with Gasteiger partial charge >= 0.3 is 12.0 Å². The van der Waals surface area contributed by atoms with Gasteiger partial charge in [-0.1, -0.05) is 0 Å². The maximum atomic E-state index is 11.3. The Morgan fingerprint density at radius 1 is 1.54 bits per heavy atom. The zero-order valence-corrected chi connectivity index (χ0v) is 8.01. The summed E-state index contributed by atoms with van der Waals surface area (Å²) in [6.07, 6.45) is 0. The number of hydrogen-bond donors (Lipinski definition) is 2. The Balaban J connectivity index is 2.45. The van der Waals surface area contributed by atoms with Gasteiger partial charge in [-0.3, -0.25) is 0 Å². The van der Waals surface area contributed by atoms with Crippen molar-refractivity contribution >= 4 is 12.0 Å². The second kappa shape index (κ2) is 3.24. The summed E-state index contributed by atoms with van der Waals surface area (Å²) in [6, 6.07) is -0.873. The van der Waals surface area contributed by atoms with Crippen LogP contribution in [-0.2, 0) is 9.53 Å². The molecule has 0 aromatic carbocycles. The van der Waals surface area contributed by atoms with Crippen molar-refractivity contribution in [2.45, 2.75) is 32.4 Å². The van der Waals surface area contributed by atoms with E-state index in [0.29, 0.717) is 6.54 Å². The number of rotatable bonds is 1. The standard InChI is InChI=1S/C8H14N2O3/c1-8(2,3)13-6(11)5-4-9-7(12)10-5/h5H,4H2,1-3H3,(H2,9,10,12)/t5-/m1/s1. The van der Waals surface area contributed by atoms with Crippen LogP contribution in [0.4, 0.5) is 4.79 Å². The molecule has 0 unspecified atom stereocenters. The molecule has 0 radical (unpaired) electrons. The van der Waals surface area contributed by atoms with E-state index >= 15 is 0 Å². The summed E-state index contributed by atoms with van der Waals surface area (Å²) in [5, 5.41) is 4.94. The minimum atomic E-state index is -0.549. The lowest BCUT2D eigenvalue weighted by Crippen LogP contribution is -2.39. The van der Waals surface area contributed by atoms with Gasteiger partial charge in [-0.05, 0) is 20.8 Å². The minimum Gasteiger partial charge on any atom is -0.458 e. The zero-order chi connectivity index (χ0) is 10.1. The van der Waals surface area contributed by atoms with Gasteiger partial charge in [0.1, 0.15) is 11.6 Å². The lowest BCUT2D eigenvalue weighted by Gasteiger charge is -2.21. The highest BCUT2D eigenvalue weighted by Gasteiger charge is 2.30. The van der Waals surface area contributed by atoms with Crippen molar-refractivity contribution in [2.24, 2.45) is 0 Å². The largest absolute Gasteiger partial charge is 0.458 e. The lowest BCUT2D eigenvalue weighted by atomic mass is 10.2. The number of nitrogens with one attached hydrogen (secondary N) is 2. The molecule has 0 spiro atoms. The molecule has 13 heavy (non-hydrogen) atoms. The van der Waals surface area contributed by atoms with E-state index in [0.717, 1.165) is 0 Å². The molecule has 0 aromatic heterocycles. The normalized spacial score (nSPS) is 22.1. The van der Waals surface area contributed by atoms with E-state index in [2.05, 4.69) is 10.6 Å². The molecule has 5 heteroatoms. The molecule has 0 aromatic rings. The third-order valence-electron chi connectivity index (χ3n) is 1.46. The summed E-state index contributed by atoms with van der Waals surface area (Å²) in [5.74, 6) is -0.397. The predicted octanol–water partition coefficient (Wildman–Crippen LogP) is 0.00950. The van der Waals surface area contributed by atoms with Gasteiger partial charge in [0, 0.05) is 0 Å². The number of carbonyl (C=O) groups is 2. The van der Waals surface area contributed by atoms with Crippen LogP contribution in [0.15, 0.2) is 0 Å². The molecule has 1 rings (SSSR count). The van der Waals surface area contributed by atoms with Crippen molar-refractivity contribution in [3.8, 4) is 0 Å². The van der Waals surface area contributed by atoms with Gasteiger partial charge in [-0.2, -0.15) is 0 Å². The molecule has 2 amide bonds. The Morgan fingerprint density at radius 2 is 2.15 bits per heavy atom. The van der Waals surface area contributed by atoms with Crippen LogP contribution in [0.3, 0.4) is 0 Å². The highest BCUT2D eigenvalue weighted by Crippen LogP contribution is 2.09. The highest BCUT2D eigenvalue weighted by atomic mass is 16.6.